The third kappa shape index (κ3) is 3.73. The van der Waals surface area contributed by atoms with Crippen LogP contribution in [0.15, 0.2) is 30.3 Å². The maximum absolute atomic E-state index is 12.8. The van der Waals surface area contributed by atoms with Gasteiger partial charge in [-0.15, -0.1) is 12.4 Å². The first-order chi connectivity index (χ1) is 13.7. The van der Waals surface area contributed by atoms with Crippen molar-refractivity contribution in [3.8, 4) is 0 Å². The lowest BCUT2D eigenvalue weighted by Crippen LogP contribution is -2.59. The number of anilines is 1. The van der Waals surface area contributed by atoms with E-state index in [0.29, 0.717) is 0 Å². The fourth-order valence-electron chi connectivity index (χ4n) is 6.84. The summed E-state index contributed by atoms with van der Waals surface area (Å²) in [5, 5.41) is 10.9. The summed E-state index contributed by atoms with van der Waals surface area (Å²) in [4.78, 5) is 17.4. The summed E-state index contributed by atoms with van der Waals surface area (Å²) in [6.07, 6.45) is 11.4. The van der Waals surface area contributed by atoms with Gasteiger partial charge in [0.25, 0.3) is 0 Å². The minimum absolute atomic E-state index is 0. The average molecular weight is 419 g/mol. The number of benzene rings is 1. The van der Waals surface area contributed by atoms with Crippen LogP contribution in [0.25, 0.3) is 0 Å². The molecule has 29 heavy (non-hydrogen) atoms. The summed E-state index contributed by atoms with van der Waals surface area (Å²) >= 11 is 0. The van der Waals surface area contributed by atoms with Crippen LogP contribution in [0.4, 0.5) is 5.69 Å². The number of carbonyl (C=O) groups is 1. The van der Waals surface area contributed by atoms with Gasteiger partial charge in [0, 0.05) is 24.8 Å². The van der Waals surface area contributed by atoms with Gasteiger partial charge in [0.2, 0.25) is 5.91 Å². The molecule has 0 aromatic heterocycles. The molecule has 4 atom stereocenters. The van der Waals surface area contributed by atoms with E-state index in [1.54, 1.807) is 0 Å². The number of carbonyl (C=O) groups excluding carboxylic acids is 1. The molecule has 160 valence electrons. The fraction of sp³-hybridized carbons (Fsp3) is 0.708. The normalized spacial score (nSPS) is 34.7. The Morgan fingerprint density at radius 1 is 0.931 bits per heavy atom. The van der Waals surface area contributed by atoms with Crippen molar-refractivity contribution >= 4 is 24.0 Å². The summed E-state index contributed by atoms with van der Waals surface area (Å²) in [6.45, 7) is 2.02. The minimum atomic E-state index is -0.545. The number of aliphatic hydroxyl groups is 1. The number of para-hydroxylation sites is 1. The number of likely N-dealkylation sites (tertiary alicyclic amines) is 1. The molecular formula is C24H35ClN2O2. The Balaban J connectivity index is 0.00000205. The molecule has 1 amide bonds. The molecule has 2 saturated carbocycles. The number of nitrogens with zero attached hydrogens (tertiary/aromatic N) is 2. The van der Waals surface area contributed by atoms with Crippen molar-refractivity contribution in [2.75, 3.05) is 18.0 Å². The molecule has 2 saturated heterocycles. The summed E-state index contributed by atoms with van der Waals surface area (Å²) in [5.74, 6) is 2.02. The summed E-state index contributed by atoms with van der Waals surface area (Å²) in [5.41, 5.74) is 0.539. The molecule has 4 nitrogen and oxygen atoms in total. The molecule has 0 bridgehead atoms. The van der Waals surface area contributed by atoms with Gasteiger partial charge in [-0.1, -0.05) is 43.9 Å². The van der Waals surface area contributed by atoms with Crippen LogP contribution < -0.4 is 4.90 Å². The standard InChI is InChI=1S/C24H34N2O2.ClH/c27-22-17-23(28)26(20-8-2-1-3-9-20)24(22)12-14-25(15-13-24)21-11-10-18-6-4-5-7-19(18)16-21;/h1-3,8-9,18-19,21-22,27H,4-7,10-17H2;1H. The van der Waals surface area contributed by atoms with Crippen LogP contribution in [0.2, 0.25) is 0 Å². The topological polar surface area (TPSA) is 43.8 Å². The van der Waals surface area contributed by atoms with Crippen molar-refractivity contribution in [3.05, 3.63) is 30.3 Å². The number of fused-ring (bicyclic) bond motifs is 1. The van der Waals surface area contributed by atoms with E-state index in [9.17, 15) is 9.90 Å². The largest absolute Gasteiger partial charge is 0.390 e. The molecule has 0 radical (unpaired) electrons. The van der Waals surface area contributed by atoms with Crippen LogP contribution in [0.3, 0.4) is 0 Å². The number of hydrogen-bond donors (Lipinski definition) is 1. The molecular weight excluding hydrogens is 384 g/mol. The number of halogens is 1. The van der Waals surface area contributed by atoms with Crippen LogP contribution >= 0.6 is 12.4 Å². The smallest absolute Gasteiger partial charge is 0.230 e. The van der Waals surface area contributed by atoms with Gasteiger partial charge in [0.15, 0.2) is 0 Å². The van der Waals surface area contributed by atoms with E-state index in [0.717, 1.165) is 49.5 Å². The summed E-state index contributed by atoms with van der Waals surface area (Å²) < 4.78 is 0. The molecule has 5 rings (SSSR count). The lowest BCUT2D eigenvalue weighted by Gasteiger charge is -2.50. The van der Waals surface area contributed by atoms with Gasteiger partial charge in [0.05, 0.1) is 18.1 Å². The van der Waals surface area contributed by atoms with Gasteiger partial charge in [-0.2, -0.15) is 0 Å². The Morgan fingerprint density at radius 3 is 2.34 bits per heavy atom. The third-order valence-corrected chi connectivity index (χ3v) is 8.39. The molecule has 2 aliphatic heterocycles. The van der Waals surface area contributed by atoms with Crippen LogP contribution in [0.5, 0.6) is 0 Å². The van der Waals surface area contributed by atoms with E-state index in [-0.39, 0.29) is 24.7 Å². The quantitative estimate of drug-likeness (QED) is 0.774. The lowest BCUT2D eigenvalue weighted by atomic mass is 9.69. The fourth-order valence-corrected chi connectivity index (χ4v) is 6.84. The second-order valence-electron chi connectivity index (χ2n) is 9.70. The molecule has 2 heterocycles. The van der Waals surface area contributed by atoms with E-state index in [1.165, 1.54) is 44.9 Å². The molecule has 1 aromatic carbocycles. The first kappa shape index (κ1) is 21.1. The van der Waals surface area contributed by atoms with E-state index in [1.807, 2.05) is 35.2 Å². The van der Waals surface area contributed by atoms with Crippen molar-refractivity contribution in [2.45, 2.75) is 81.9 Å². The van der Waals surface area contributed by atoms with Crippen LogP contribution in [0, 0.1) is 11.8 Å². The van der Waals surface area contributed by atoms with Gasteiger partial charge in [-0.05, 0) is 56.1 Å². The van der Waals surface area contributed by atoms with E-state index in [4.69, 9.17) is 0 Å². The Kier molecular flexibility index (Phi) is 6.24. The van der Waals surface area contributed by atoms with Gasteiger partial charge in [-0.3, -0.25) is 4.79 Å². The molecule has 5 heteroatoms. The Labute approximate surface area is 181 Å². The number of hydrogen-bond acceptors (Lipinski definition) is 3. The maximum Gasteiger partial charge on any atom is 0.230 e. The van der Waals surface area contributed by atoms with Gasteiger partial charge in [-0.25, -0.2) is 0 Å². The zero-order valence-electron chi connectivity index (χ0n) is 17.3. The van der Waals surface area contributed by atoms with Crippen LogP contribution in [0.1, 0.15) is 64.2 Å². The second kappa shape index (κ2) is 8.56. The van der Waals surface area contributed by atoms with E-state index in [2.05, 4.69) is 4.90 Å². The Morgan fingerprint density at radius 2 is 1.62 bits per heavy atom. The van der Waals surface area contributed by atoms with Crippen LogP contribution in [-0.4, -0.2) is 46.7 Å². The highest BCUT2D eigenvalue weighted by atomic mass is 35.5. The summed E-state index contributed by atoms with van der Waals surface area (Å²) in [6, 6.07) is 10.7. The van der Waals surface area contributed by atoms with Crippen molar-refractivity contribution in [1.29, 1.82) is 0 Å². The number of aliphatic hydroxyl groups excluding tert-OH is 1. The highest BCUT2D eigenvalue weighted by Crippen LogP contribution is 2.45. The molecule has 4 aliphatic rings. The third-order valence-electron chi connectivity index (χ3n) is 8.39. The van der Waals surface area contributed by atoms with Crippen molar-refractivity contribution in [3.63, 3.8) is 0 Å². The van der Waals surface area contributed by atoms with Crippen molar-refractivity contribution < 1.29 is 9.90 Å². The van der Waals surface area contributed by atoms with Crippen molar-refractivity contribution in [2.24, 2.45) is 11.8 Å². The molecule has 1 aromatic rings. The Hall–Kier alpha value is -1.10. The second-order valence-corrected chi connectivity index (χ2v) is 9.70. The zero-order valence-corrected chi connectivity index (χ0v) is 18.2. The van der Waals surface area contributed by atoms with E-state index < -0.39 is 11.6 Å². The number of rotatable bonds is 2. The van der Waals surface area contributed by atoms with Crippen molar-refractivity contribution in [1.82, 2.24) is 4.90 Å². The molecule has 4 unspecified atom stereocenters. The number of piperidine rings is 1. The maximum atomic E-state index is 12.8. The van der Waals surface area contributed by atoms with Gasteiger partial charge in [0.1, 0.15) is 0 Å². The van der Waals surface area contributed by atoms with E-state index >= 15 is 0 Å². The molecule has 1 N–H and O–H groups in total. The first-order valence-corrected chi connectivity index (χ1v) is 11.5. The highest BCUT2D eigenvalue weighted by molar-refractivity contribution is 5.98. The molecule has 4 fully saturated rings. The lowest BCUT2D eigenvalue weighted by molar-refractivity contribution is -0.117. The number of amides is 1. The highest BCUT2D eigenvalue weighted by Gasteiger charge is 2.54. The van der Waals surface area contributed by atoms with Crippen LogP contribution in [-0.2, 0) is 4.79 Å². The van der Waals surface area contributed by atoms with Gasteiger partial charge >= 0.3 is 0 Å². The monoisotopic (exact) mass is 418 g/mol. The Bertz CT molecular complexity index is 704. The SMILES string of the molecule is Cl.O=C1CC(O)C2(CCN(C3CCC4CCCCC4C3)CC2)N1c1ccccc1. The average Bonchev–Trinajstić information content (AvgIpc) is 2.98. The predicted molar refractivity (Wildman–Crippen MR) is 118 cm³/mol. The molecule has 2 aliphatic carbocycles. The van der Waals surface area contributed by atoms with Gasteiger partial charge < -0.3 is 14.9 Å². The predicted octanol–water partition coefficient (Wildman–Crippen LogP) is 4.40. The molecule has 1 spiro atoms. The zero-order chi connectivity index (χ0) is 19.1. The first-order valence-electron chi connectivity index (χ1n) is 11.5. The minimum Gasteiger partial charge on any atom is -0.390 e. The summed E-state index contributed by atoms with van der Waals surface area (Å²) in [7, 11) is 0.